The predicted octanol–water partition coefficient (Wildman–Crippen LogP) is 5.48. The molecule has 4 heteroatoms. The van der Waals surface area contributed by atoms with E-state index in [1.807, 2.05) is 36.7 Å². The number of benzene rings is 2. The zero-order chi connectivity index (χ0) is 18.6. The molecule has 2 aromatic heterocycles. The summed E-state index contributed by atoms with van der Waals surface area (Å²) in [6, 6.07) is 20.8. The van der Waals surface area contributed by atoms with Crippen molar-refractivity contribution in [3.63, 3.8) is 0 Å². The summed E-state index contributed by atoms with van der Waals surface area (Å²) in [5, 5.41) is 14.6. The van der Waals surface area contributed by atoms with E-state index < -0.39 is 0 Å². The SMILES string of the molecule is CC(C)c1ccc(Nc2nnc(Cc3ccncc3)c3ccccc23)cc1. The Kier molecular flexibility index (Phi) is 4.79. The molecule has 0 saturated heterocycles. The van der Waals surface area contributed by atoms with E-state index >= 15 is 0 Å². The number of pyridine rings is 1. The fourth-order valence-electron chi connectivity index (χ4n) is 3.16. The van der Waals surface area contributed by atoms with Crippen molar-refractivity contribution >= 4 is 22.3 Å². The molecule has 0 spiro atoms. The van der Waals surface area contributed by atoms with Gasteiger partial charge in [0.1, 0.15) is 0 Å². The van der Waals surface area contributed by atoms with Crippen molar-refractivity contribution < 1.29 is 0 Å². The van der Waals surface area contributed by atoms with Crippen LogP contribution < -0.4 is 5.32 Å². The normalized spacial score (nSPS) is 11.1. The van der Waals surface area contributed by atoms with Gasteiger partial charge in [0.15, 0.2) is 5.82 Å². The van der Waals surface area contributed by atoms with Gasteiger partial charge in [0.25, 0.3) is 0 Å². The number of aromatic nitrogens is 3. The van der Waals surface area contributed by atoms with E-state index in [0.29, 0.717) is 5.92 Å². The Labute approximate surface area is 159 Å². The third-order valence-corrected chi connectivity index (χ3v) is 4.72. The van der Waals surface area contributed by atoms with Gasteiger partial charge in [0.2, 0.25) is 0 Å². The Hall–Kier alpha value is -3.27. The Balaban J connectivity index is 1.67. The van der Waals surface area contributed by atoms with E-state index in [0.717, 1.165) is 34.4 Å². The van der Waals surface area contributed by atoms with Crippen molar-refractivity contribution in [2.24, 2.45) is 0 Å². The average Bonchev–Trinajstić information content (AvgIpc) is 2.71. The molecule has 1 N–H and O–H groups in total. The van der Waals surface area contributed by atoms with Crippen molar-refractivity contribution in [3.8, 4) is 0 Å². The van der Waals surface area contributed by atoms with Crippen molar-refractivity contribution in [2.45, 2.75) is 26.2 Å². The minimum absolute atomic E-state index is 0.521. The molecule has 4 rings (SSSR count). The summed E-state index contributed by atoms with van der Waals surface area (Å²) in [7, 11) is 0. The predicted molar refractivity (Wildman–Crippen MR) is 110 cm³/mol. The monoisotopic (exact) mass is 354 g/mol. The molecule has 0 amide bonds. The molecule has 0 saturated carbocycles. The molecule has 0 aliphatic rings. The second kappa shape index (κ2) is 7.54. The van der Waals surface area contributed by atoms with Crippen LogP contribution in [0.1, 0.15) is 36.6 Å². The van der Waals surface area contributed by atoms with Crippen LogP contribution in [0.2, 0.25) is 0 Å². The van der Waals surface area contributed by atoms with Gasteiger partial charge in [0, 0.05) is 35.3 Å². The molecule has 0 fully saturated rings. The van der Waals surface area contributed by atoms with Gasteiger partial charge in [-0.25, -0.2) is 0 Å². The van der Waals surface area contributed by atoms with Gasteiger partial charge >= 0.3 is 0 Å². The molecular formula is C23H22N4. The number of hydrogen-bond donors (Lipinski definition) is 1. The van der Waals surface area contributed by atoms with Crippen LogP contribution in [0, 0.1) is 0 Å². The summed E-state index contributed by atoms with van der Waals surface area (Å²) in [6.07, 6.45) is 4.35. The number of nitrogens with zero attached hydrogens (tertiary/aromatic N) is 3. The molecule has 27 heavy (non-hydrogen) atoms. The third-order valence-electron chi connectivity index (χ3n) is 4.72. The van der Waals surface area contributed by atoms with Crippen LogP contribution in [0.3, 0.4) is 0 Å². The lowest BCUT2D eigenvalue weighted by atomic mass is 10.0. The van der Waals surface area contributed by atoms with Crippen LogP contribution in [0.25, 0.3) is 10.8 Å². The zero-order valence-corrected chi connectivity index (χ0v) is 15.6. The van der Waals surface area contributed by atoms with E-state index in [4.69, 9.17) is 0 Å². The first-order chi connectivity index (χ1) is 13.2. The fraction of sp³-hybridized carbons (Fsp3) is 0.174. The second-order valence-electron chi connectivity index (χ2n) is 6.97. The summed E-state index contributed by atoms with van der Waals surface area (Å²) in [6.45, 7) is 4.39. The summed E-state index contributed by atoms with van der Waals surface area (Å²) in [4.78, 5) is 4.08. The topological polar surface area (TPSA) is 50.7 Å². The van der Waals surface area contributed by atoms with Crippen molar-refractivity contribution in [2.75, 3.05) is 5.32 Å². The van der Waals surface area contributed by atoms with Crippen molar-refractivity contribution in [3.05, 3.63) is 89.9 Å². The number of nitrogens with one attached hydrogen (secondary N) is 1. The van der Waals surface area contributed by atoms with Gasteiger partial charge in [-0.15, -0.1) is 5.10 Å². The molecule has 4 nitrogen and oxygen atoms in total. The van der Waals surface area contributed by atoms with Crippen molar-refractivity contribution in [1.29, 1.82) is 0 Å². The van der Waals surface area contributed by atoms with E-state index in [1.54, 1.807) is 0 Å². The van der Waals surface area contributed by atoms with E-state index in [9.17, 15) is 0 Å². The van der Waals surface area contributed by atoms with Crippen LogP contribution in [0.15, 0.2) is 73.1 Å². The summed E-state index contributed by atoms with van der Waals surface area (Å²) < 4.78 is 0. The molecule has 0 unspecified atom stereocenters. The van der Waals surface area contributed by atoms with Crippen LogP contribution in [0.4, 0.5) is 11.5 Å². The molecule has 0 radical (unpaired) electrons. The molecule has 2 aromatic carbocycles. The average molecular weight is 354 g/mol. The van der Waals surface area contributed by atoms with Crippen LogP contribution in [0.5, 0.6) is 0 Å². The van der Waals surface area contributed by atoms with E-state index in [2.05, 4.69) is 70.7 Å². The Morgan fingerprint density at radius 2 is 1.52 bits per heavy atom. The maximum absolute atomic E-state index is 4.51. The van der Waals surface area contributed by atoms with E-state index in [1.165, 1.54) is 11.1 Å². The number of anilines is 2. The lowest BCUT2D eigenvalue weighted by Crippen LogP contribution is -2.02. The highest BCUT2D eigenvalue weighted by atomic mass is 15.2. The second-order valence-corrected chi connectivity index (χ2v) is 6.97. The summed E-state index contributed by atoms with van der Waals surface area (Å²) in [5.74, 6) is 1.30. The standard InChI is InChI=1S/C23H22N4/c1-16(2)18-7-9-19(10-8-18)25-23-21-6-4-3-5-20(21)22(26-27-23)15-17-11-13-24-14-12-17/h3-14,16H,15H2,1-2H3,(H,25,27). The first-order valence-electron chi connectivity index (χ1n) is 9.21. The minimum Gasteiger partial charge on any atom is -0.338 e. The maximum atomic E-state index is 4.51. The Morgan fingerprint density at radius 3 is 2.22 bits per heavy atom. The van der Waals surface area contributed by atoms with Gasteiger partial charge in [-0.2, -0.15) is 5.10 Å². The molecule has 0 atom stereocenters. The van der Waals surface area contributed by atoms with Gasteiger partial charge in [0.05, 0.1) is 5.69 Å². The largest absolute Gasteiger partial charge is 0.338 e. The molecule has 4 aromatic rings. The molecule has 0 aliphatic carbocycles. The highest BCUT2D eigenvalue weighted by molar-refractivity contribution is 5.94. The Bertz CT molecular complexity index is 1040. The van der Waals surface area contributed by atoms with Gasteiger partial charge in [-0.3, -0.25) is 4.98 Å². The smallest absolute Gasteiger partial charge is 0.160 e. The molecular weight excluding hydrogens is 332 g/mol. The molecule has 2 heterocycles. The molecule has 134 valence electrons. The van der Waals surface area contributed by atoms with Crippen LogP contribution in [-0.2, 0) is 6.42 Å². The van der Waals surface area contributed by atoms with Crippen molar-refractivity contribution in [1.82, 2.24) is 15.2 Å². The quantitative estimate of drug-likeness (QED) is 0.515. The summed E-state index contributed by atoms with van der Waals surface area (Å²) in [5.41, 5.74) is 4.48. The minimum atomic E-state index is 0.521. The lowest BCUT2D eigenvalue weighted by molar-refractivity contribution is 0.867. The first kappa shape index (κ1) is 17.2. The Morgan fingerprint density at radius 1 is 0.815 bits per heavy atom. The van der Waals surface area contributed by atoms with Crippen LogP contribution in [-0.4, -0.2) is 15.2 Å². The highest BCUT2D eigenvalue weighted by Crippen LogP contribution is 2.27. The maximum Gasteiger partial charge on any atom is 0.160 e. The molecule has 0 aliphatic heterocycles. The third kappa shape index (κ3) is 3.80. The summed E-state index contributed by atoms with van der Waals surface area (Å²) >= 11 is 0. The van der Waals surface area contributed by atoms with Gasteiger partial charge in [-0.1, -0.05) is 50.2 Å². The highest BCUT2D eigenvalue weighted by Gasteiger charge is 2.10. The van der Waals surface area contributed by atoms with Gasteiger partial charge < -0.3 is 5.32 Å². The number of fused-ring (bicyclic) bond motifs is 1. The van der Waals surface area contributed by atoms with Crippen LogP contribution >= 0.6 is 0 Å². The number of rotatable bonds is 5. The molecule has 0 bridgehead atoms. The number of hydrogen-bond acceptors (Lipinski definition) is 4. The van der Waals surface area contributed by atoms with Gasteiger partial charge in [-0.05, 0) is 41.3 Å². The fourth-order valence-corrected chi connectivity index (χ4v) is 3.16. The lowest BCUT2D eigenvalue weighted by Gasteiger charge is -2.12. The first-order valence-corrected chi connectivity index (χ1v) is 9.21. The van der Waals surface area contributed by atoms with E-state index in [-0.39, 0.29) is 0 Å². The zero-order valence-electron chi connectivity index (χ0n) is 15.6.